The summed E-state index contributed by atoms with van der Waals surface area (Å²) in [6, 6.07) is 11.0. The van der Waals surface area contributed by atoms with Gasteiger partial charge in [-0.15, -0.1) is 0 Å². The number of aliphatic hydroxyl groups excluding tert-OH is 1. The molecule has 0 saturated carbocycles. The van der Waals surface area contributed by atoms with E-state index in [-0.39, 0.29) is 5.82 Å². The largest absolute Gasteiger partial charge is 0.496 e. The molecule has 0 aliphatic rings. The van der Waals surface area contributed by atoms with Crippen LogP contribution in [0, 0.1) is 5.82 Å². The number of aliphatic hydroxyl groups is 1. The van der Waals surface area contributed by atoms with Gasteiger partial charge in [0, 0.05) is 6.07 Å². The maximum atomic E-state index is 13.1. The minimum Gasteiger partial charge on any atom is -0.496 e. The van der Waals surface area contributed by atoms with Crippen LogP contribution in [0.4, 0.5) is 4.39 Å². The van der Waals surface area contributed by atoms with Crippen molar-refractivity contribution in [3.63, 3.8) is 0 Å². The van der Waals surface area contributed by atoms with E-state index in [1.165, 1.54) is 19.2 Å². The van der Waals surface area contributed by atoms with Gasteiger partial charge in [0.2, 0.25) is 0 Å². The van der Waals surface area contributed by atoms with E-state index in [1.54, 1.807) is 37.3 Å². The normalized spacial score (nSPS) is 12.0. The van der Waals surface area contributed by atoms with E-state index in [0.29, 0.717) is 22.8 Å². The summed E-state index contributed by atoms with van der Waals surface area (Å²) in [6.45, 7) is 1.62. The van der Waals surface area contributed by atoms with Crippen LogP contribution in [-0.4, -0.2) is 12.2 Å². The fourth-order valence-electron chi connectivity index (χ4n) is 1.86. The van der Waals surface area contributed by atoms with Gasteiger partial charge in [-0.05, 0) is 31.2 Å². The number of ether oxygens (including phenoxy) is 2. The molecular formula is C15H15FO3. The minimum absolute atomic E-state index is 0.371. The fourth-order valence-corrected chi connectivity index (χ4v) is 1.86. The van der Waals surface area contributed by atoms with Crippen molar-refractivity contribution < 1.29 is 19.0 Å². The second-order valence-electron chi connectivity index (χ2n) is 4.11. The first-order valence-electron chi connectivity index (χ1n) is 5.90. The fraction of sp³-hybridized carbons (Fsp3) is 0.200. The van der Waals surface area contributed by atoms with Gasteiger partial charge in [0.05, 0.1) is 18.8 Å². The molecule has 0 bridgehead atoms. The lowest BCUT2D eigenvalue weighted by molar-refractivity contribution is 0.190. The summed E-state index contributed by atoms with van der Waals surface area (Å²) in [6.07, 6.45) is -0.750. The maximum Gasteiger partial charge on any atom is 0.136 e. The van der Waals surface area contributed by atoms with Crippen LogP contribution in [0.5, 0.6) is 17.2 Å². The zero-order valence-electron chi connectivity index (χ0n) is 10.8. The zero-order valence-corrected chi connectivity index (χ0v) is 10.8. The Morgan fingerprint density at radius 1 is 1.11 bits per heavy atom. The molecule has 0 amide bonds. The van der Waals surface area contributed by atoms with E-state index < -0.39 is 6.10 Å². The number of hydrogen-bond donors (Lipinski definition) is 1. The zero-order chi connectivity index (χ0) is 13.8. The predicted molar refractivity (Wildman–Crippen MR) is 70.1 cm³/mol. The van der Waals surface area contributed by atoms with Crippen molar-refractivity contribution in [3.05, 3.63) is 53.8 Å². The molecule has 0 fully saturated rings. The van der Waals surface area contributed by atoms with Gasteiger partial charge in [-0.3, -0.25) is 0 Å². The maximum absolute atomic E-state index is 13.1. The highest BCUT2D eigenvalue weighted by atomic mass is 19.1. The van der Waals surface area contributed by atoms with Gasteiger partial charge in [0.1, 0.15) is 23.1 Å². The van der Waals surface area contributed by atoms with E-state index in [9.17, 15) is 9.50 Å². The Bertz CT molecular complexity index is 567. The summed E-state index contributed by atoms with van der Waals surface area (Å²) >= 11 is 0. The summed E-state index contributed by atoms with van der Waals surface area (Å²) in [7, 11) is 1.52. The standard InChI is InChI=1S/C15H15FO3/c1-10(17)15-13(18-2)7-4-8-14(15)19-12-6-3-5-11(16)9-12/h3-10,17H,1-2H3/t10-/m1/s1. The summed E-state index contributed by atoms with van der Waals surface area (Å²) in [4.78, 5) is 0. The number of rotatable bonds is 4. The molecule has 0 aliphatic heterocycles. The molecule has 3 nitrogen and oxygen atoms in total. The monoisotopic (exact) mass is 262 g/mol. The summed E-state index contributed by atoms with van der Waals surface area (Å²) < 4.78 is 23.9. The van der Waals surface area contributed by atoms with Gasteiger partial charge in [0.15, 0.2) is 0 Å². The van der Waals surface area contributed by atoms with Crippen molar-refractivity contribution in [2.75, 3.05) is 7.11 Å². The quantitative estimate of drug-likeness (QED) is 0.913. The van der Waals surface area contributed by atoms with Crippen LogP contribution in [0.3, 0.4) is 0 Å². The Balaban J connectivity index is 2.39. The number of benzene rings is 2. The first-order chi connectivity index (χ1) is 9.11. The van der Waals surface area contributed by atoms with Crippen LogP contribution in [0.15, 0.2) is 42.5 Å². The Kier molecular flexibility index (Phi) is 4.02. The van der Waals surface area contributed by atoms with Crippen LogP contribution < -0.4 is 9.47 Å². The predicted octanol–water partition coefficient (Wildman–Crippen LogP) is 3.68. The summed E-state index contributed by atoms with van der Waals surface area (Å²) in [5.41, 5.74) is 0.536. The van der Waals surface area contributed by atoms with Gasteiger partial charge in [-0.2, -0.15) is 0 Å². The van der Waals surface area contributed by atoms with Crippen LogP contribution in [0.25, 0.3) is 0 Å². The van der Waals surface area contributed by atoms with E-state index in [1.807, 2.05) is 0 Å². The van der Waals surface area contributed by atoms with E-state index >= 15 is 0 Å². The second kappa shape index (κ2) is 5.71. The molecule has 0 aromatic heterocycles. The molecule has 2 aromatic carbocycles. The van der Waals surface area contributed by atoms with Crippen LogP contribution >= 0.6 is 0 Å². The molecule has 0 unspecified atom stereocenters. The van der Waals surface area contributed by atoms with Gasteiger partial charge in [-0.25, -0.2) is 4.39 Å². The van der Waals surface area contributed by atoms with Gasteiger partial charge >= 0.3 is 0 Å². The second-order valence-corrected chi connectivity index (χ2v) is 4.11. The smallest absolute Gasteiger partial charge is 0.136 e. The van der Waals surface area contributed by atoms with E-state index in [2.05, 4.69) is 0 Å². The lowest BCUT2D eigenvalue weighted by atomic mass is 10.1. The molecule has 0 heterocycles. The van der Waals surface area contributed by atoms with Crippen molar-refractivity contribution in [3.8, 4) is 17.2 Å². The number of hydrogen-bond acceptors (Lipinski definition) is 3. The third kappa shape index (κ3) is 3.03. The SMILES string of the molecule is COc1cccc(Oc2cccc(F)c2)c1[C@@H](C)O. The molecule has 0 aliphatic carbocycles. The third-order valence-corrected chi connectivity index (χ3v) is 2.69. The highest BCUT2D eigenvalue weighted by Gasteiger charge is 2.15. The lowest BCUT2D eigenvalue weighted by Gasteiger charge is -2.16. The van der Waals surface area contributed by atoms with Crippen LogP contribution in [0.2, 0.25) is 0 Å². The molecule has 100 valence electrons. The Hall–Kier alpha value is -2.07. The molecule has 2 aromatic rings. The van der Waals surface area contributed by atoms with Gasteiger partial charge < -0.3 is 14.6 Å². The van der Waals surface area contributed by atoms with Crippen molar-refractivity contribution in [1.82, 2.24) is 0 Å². The Labute approximate surface area is 111 Å². The average Bonchev–Trinajstić information content (AvgIpc) is 2.38. The first kappa shape index (κ1) is 13.4. The molecule has 4 heteroatoms. The molecule has 2 rings (SSSR count). The van der Waals surface area contributed by atoms with E-state index in [0.717, 1.165) is 0 Å². The van der Waals surface area contributed by atoms with Gasteiger partial charge in [0.25, 0.3) is 0 Å². The minimum atomic E-state index is -0.750. The van der Waals surface area contributed by atoms with Crippen molar-refractivity contribution in [1.29, 1.82) is 0 Å². The average molecular weight is 262 g/mol. The lowest BCUT2D eigenvalue weighted by Crippen LogP contribution is -2.00. The summed E-state index contributed by atoms with van der Waals surface area (Å²) in [5.74, 6) is 0.970. The number of methoxy groups -OCH3 is 1. The van der Waals surface area contributed by atoms with Crippen LogP contribution in [-0.2, 0) is 0 Å². The van der Waals surface area contributed by atoms with E-state index in [4.69, 9.17) is 9.47 Å². The molecule has 1 atom stereocenters. The molecule has 0 saturated heterocycles. The summed E-state index contributed by atoms with van der Waals surface area (Å²) in [5, 5.41) is 9.82. The topological polar surface area (TPSA) is 38.7 Å². The Morgan fingerprint density at radius 3 is 2.42 bits per heavy atom. The van der Waals surface area contributed by atoms with Crippen molar-refractivity contribution in [2.45, 2.75) is 13.0 Å². The highest BCUT2D eigenvalue weighted by molar-refractivity contribution is 5.47. The third-order valence-electron chi connectivity index (χ3n) is 2.69. The first-order valence-corrected chi connectivity index (χ1v) is 5.90. The molecule has 19 heavy (non-hydrogen) atoms. The van der Waals surface area contributed by atoms with Crippen molar-refractivity contribution in [2.24, 2.45) is 0 Å². The van der Waals surface area contributed by atoms with Gasteiger partial charge in [-0.1, -0.05) is 12.1 Å². The van der Waals surface area contributed by atoms with Crippen LogP contribution in [0.1, 0.15) is 18.6 Å². The molecule has 1 N–H and O–H groups in total. The van der Waals surface area contributed by atoms with Crippen molar-refractivity contribution >= 4 is 0 Å². The number of halogens is 1. The molecular weight excluding hydrogens is 247 g/mol. The molecule has 0 radical (unpaired) electrons. The highest BCUT2D eigenvalue weighted by Crippen LogP contribution is 2.36. The Morgan fingerprint density at radius 2 is 1.79 bits per heavy atom. The molecule has 0 spiro atoms.